The van der Waals surface area contributed by atoms with E-state index in [4.69, 9.17) is 23.2 Å². The van der Waals surface area contributed by atoms with E-state index in [1.807, 2.05) is 0 Å². The number of aromatic nitrogens is 1. The van der Waals surface area contributed by atoms with Crippen molar-refractivity contribution in [1.29, 1.82) is 0 Å². The maximum absolute atomic E-state index is 9.31. The first-order valence-electron chi connectivity index (χ1n) is 3.52. The molecule has 0 amide bonds. The van der Waals surface area contributed by atoms with Gasteiger partial charge in [-0.1, -0.05) is 23.2 Å². The summed E-state index contributed by atoms with van der Waals surface area (Å²) in [6, 6.07) is 0. The average molecular weight is 206 g/mol. The molecule has 2 nitrogen and oxygen atoms in total. The molecule has 0 fully saturated rings. The second-order valence-corrected chi connectivity index (χ2v) is 3.38. The van der Waals surface area contributed by atoms with E-state index in [1.54, 1.807) is 13.8 Å². The third-order valence-corrected chi connectivity index (χ3v) is 2.38. The third kappa shape index (κ3) is 1.71. The molecule has 1 heterocycles. The van der Waals surface area contributed by atoms with Gasteiger partial charge in [-0.25, -0.2) is 0 Å². The lowest BCUT2D eigenvalue weighted by molar-refractivity contribution is 0.199. The minimum Gasteiger partial charge on any atom is -0.389 e. The molecule has 1 aromatic rings. The molecule has 12 heavy (non-hydrogen) atoms. The van der Waals surface area contributed by atoms with Crippen molar-refractivity contribution in [2.24, 2.45) is 0 Å². The predicted octanol–water partition coefficient (Wildman–Crippen LogP) is 2.75. The number of aryl methyl sites for hydroxylation is 1. The maximum Gasteiger partial charge on any atom is 0.0792 e. The van der Waals surface area contributed by atoms with Gasteiger partial charge in [0.2, 0.25) is 0 Å². The van der Waals surface area contributed by atoms with Gasteiger partial charge < -0.3 is 5.11 Å². The molecule has 0 bridgehead atoms. The first-order chi connectivity index (χ1) is 5.54. The topological polar surface area (TPSA) is 33.1 Å². The lowest BCUT2D eigenvalue weighted by Gasteiger charge is -2.10. The van der Waals surface area contributed by atoms with E-state index in [0.717, 1.165) is 0 Å². The first-order valence-corrected chi connectivity index (χ1v) is 4.28. The van der Waals surface area contributed by atoms with Crippen LogP contribution in [0.1, 0.15) is 24.3 Å². The van der Waals surface area contributed by atoms with Crippen molar-refractivity contribution < 1.29 is 5.11 Å². The van der Waals surface area contributed by atoms with Crippen LogP contribution in [0.2, 0.25) is 10.0 Å². The summed E-state index contributed by atoms with van der Waals surface area (Å²) in [5, 5.41) is 10.2. The fourth-order valence-corrected chi connectivity index (χ4v) is 1.62. The lowest BCUT2D eigenvalue weighted by atomic mass is 10.1. The molecule has 1 atom stereocenters. The Bertz CT molecular complexity index is 299. The second kappa shape index (κ2) is 3.60. The minimum atomic E-state index is -0.660. The SMILES string of the molecule is Cc1ncc(Cl)c([C@@H](C)O)c1Cl. The van der Waals surface area contributed by atoms with E-state index >= 15 is 0 Å². The Hall–Kier alpha value is -0.310. The highest BCUT2D eigenvalue weighted by atomic mass is 35.5. The Labute approximate surface area is 81.1 Å². The van der Waals surface area contributed by atoms with Crippen molar-refractivity contribution in [3.05, 3.63) is 27.5 Å². The van der Waals surface area contributed by atoms with Crippen molar-refractivity contribution in [3.63, 3.8) is 0 Å². The molecule has 0 unspecified atom stereocenters. The van der Waals surface area contributed by atoms with Crippen LogP contribution in [0.15, 0.2) is 6.20 Å². The van der Waals surface area contributed by atoms with Gasteiger partial charge in [0.05, 0.1) is 21.8 Å². The highest BCUT2D eigenvalue weighted by Gasteiger charge is 2.13. The van der Waals surface area contributed by atoms with Crippen LogP contribution in [0.25, 0.3) is 0 Å². The molecule has 1 rings (SSSR count). The maximum atomic E-state index is 9.31. The average Bonchev–Trinajstić information content (AvgIpc) is 1.97. The van der Waals surface area contributed by atoms with Gasteiger partial charge in [-0.05, 0) is 13.8 Å². The van der Waals surface area contributed by atoms with Gasteiger partial charge in [0.25, 0.3) is 0 Å². The molecule has 1 aromatic heterocycles. The number of hydrogen-bond acceptors (Lipinski definition) is 2. The zero-order valence-electron chi connectivity index (χ0n) is 6.81. The molecule has 0 radical (unpaired) electrons. The van der Waals surface area contributed by atoms with Crippen LogP contribution in [0, 0.1) is 6.92 Å². The van der Waals surface area contributed by atoms with Crippen molar-refractivity contribution >= 4 is 23.2 Å². The molecule has 0 spiro atoms. The molecule has 0 saturated heterocycles. The highest BCUT2D eigenvalue weighted by molar-refractivity contribution is 6.36. The Morgan fingerprint density at radius 2 is 2.08 bits per heavy atom. The van der Waals surface area contributed by atoms with Crippen molar-refractivity contribution in [3.8, 4) is 0 Å². The van der Waals surface area contributed by atoms with Crippen LogP contribution in [0.4, 0.5) is 0 Å². The third-order valence-electron chi connectivity index (χ3n) is 1.60. The number of aliphatic hydroxyl groups is 1. The summed E-state index contributed by atoms with van der Waals surface area (Å²) in [7, 11) is 0. The van der Waals surface area contributed by atoms with E-state index in [-0.39, 0.29) is 0 Å². The molecule has 0 aliphatic rings. The van der Waals surface area contributed by atoms with Gasteiger partial charge in [-0.3, -0.25) is 4.98 Å². The van der Waals surface area contributed by atoms with E-state index in [0.29, 0.717) is 21.3 Å². The molecule has 1 N–H and O–H groups in total. The summed E-state index contributed by atoms with van der Waals surface area (Å²) < 4.78 is 0. The van der Waals surface area contributed by atoms with Crippen LogP contribution in [-0.4, -0.2) is 10.1 Å². The standard InChI is InChI=1S/C8H9Cl2NO/c1-4-8(10)7(5(2)12)6(9)3-11-4/h3,5,12H,1-2H3/t5-/m1/s1. The van der Waals surface area contributed by atoms with E-state index in [1.165, 1.54) is 6.20 Å². The molecule has 0 aliphatic carbocycles. The van der Waals surface area contributed by atoms with Crippen molar-refractivity contribution in [2.45, 2.75) is 20.0 Å². The highest BCUT2D eigenvalue weighted by Crippen LogP contribution is 2.30. The summed E-state index contributed by atoms with van der Waals surface area (Å²) in [5.74, 6) is 0. The summed E-state index contributed by atoms with van der Waals surface area (Å²) in [5.41, 5.74) is 1.22. The van der Waals surface area contributed by atoms with Crippen LogP contribution in [0.3, 0.4) is 0 Å². The van der Waals surface area contributed by atoms with Gasteiger partial charge in [0, 0.05) is 11.8 Å². The molecular weight excluding hydrogens is 197 g/mol. The van der Waals surface area contributed by atoms with Crippen LogP contribution < -0.4 is 0 Å². The summed E-state index contributed by atoms with van der Waals surface area (Å²) >= 11 is 11.7. The van der Waals surface area contributed by atoms with Crippen molar-refractivity contribution in [1.82, 2.24) is 4.98 Å². The summed E-state index contributed by atoms with van der Waals surface area (Å²) in [6.07, 6.45) is 0.830. The number of aliphatic hydroxyl groups excluding tert-OH is 1. The van der Waals surface area contributed by atoms with E-state index < -0.39 is 6.10 Å². The van der Waals surface area contributed by atoms with Gasteiger partial charge in [0.15, 0.2) is 0 Å². The van der Waals surface area contributed by atoms with E-state index in [9.17, 15) is 5.11 Å². The Morgan fingerprint density at radius 1 is 1.50 bits per heavy atom. The summed E-state index contributed by atoms with van der Waals surface area (Å²) in [4.78, 5) is 3.95. The molecule has 0 aromatic carbocycles. The lowest BCUT2D eigenvalue weighted by Crippen LogP contribution is -1.97. The number of halogens is 2. The smallest absolute Gasteiger partial charge is 0.0792 e. The fourth-order valence-electron chi connectivity index (χ4n) is 0.962. The Kier molecular flexibility index (Phi) is 2.94. The Morgan fingerprint density at radius 3 is 2.50 bits per heavy atom. The zero-order valence-corrected chi connectivity index (χ0v) is 8.32. The van der Waals surface area contributed by atoms with Gasteiger partial charge in [0.1, 0.15) is 0 Å². The Balaban J connectivity index is 3.33. The minimum absolute atomic E-state index is 0.403. The molecule has 4 heteroatoms. The fraction of sp³-hybridized carbons (Fsp3) is 0.375. The number of hydrogen-bond donors (Lipinski definition) is 1. The van der Waals surface area contributed by atoms with Crippen LogP contribution in [0.5, 0.6) is 0 Å². The summed E-state index contributed by atoms with van der Waals surface area (Å²) in [6.45, 7) is 3.39. The molecule has 66 valence electrons. The van der Waals surface area contributed by atoms with Gasteiger partial charge >= 0.3 is 0 Å². The quantitative estimate of drug-likeness (QED) is 0.766. The van der Waals surface area contributed by atoms with Crippen LogP contribution in [-0.2, 0) is 0 Å². The molecule has 0 saturated carbocycles. The van der Waals surface area contributed by atoms with E-state index in [2.05, 4.69) is 4.98 Å². The van der Waals surface area contributed by atoms with Gasteiger partial charge in [-0.2, -0.15) is 0 Å². The first kappa shape index (κ1) is 9.78. The van der Waals surface area contributed by atoms with Gasteiger partial charge in [-0.15, -0.1) is 0 Å². The van der Waals surface area contributed by atoms with Crippen LogP contribution >= 0.6 is 23.2 Å². The largest absolute Gasteiger partial charge is 0.389 e. The number of nitrogens with zero attached hydrogens (tertiary/aromatic N) is 1. The predicted molar refractivity (Wildman–Crippen MR) is 49.6 cm³/mol. The number of rotatable bonds is 1. The molecular formula is C8H9Cl2NO. The molecule has 0 aliphatic heterocycles. The normalized spacial score (nSPS) is 13.1. The van der Waals surface area contributed by atoms with Crippen molar-refractivity contribution in [2.75, 3.05) is 0 Å². The second-order valence-electron chi connectivity index (χ2n) is 2.60. The number of pyridine rings is 1. The zero-order chi connectivity index (χ0) is 9.30. The monoisotopic (exact) mass is 205 g/mol.